The molecule has 1 unspecified atom stereocenters. The predicted molar refractivity (Wildman–Crippen MR) is 79.4 cm³/mol. The highest BCUT2D eigenvalue weighted by molar-refractivity contribution is 6.30. The fraction of sp³-hybridized carbons (Fsp3) is 0.533. The fourth-order valence-electron chi connectivity index (χ4n) is 2.82. The highest BCUT2D eigenvalue weighted by Crippen LogP contribution is 2.26. The molecule has 0 bridgehead atoms. The molecule has 20 heavy (non-hydrogen) atoms. The smallest absolute Gasteiger partial charge is 0.231 e. The molecule has 0 heterocycles. The molecule has 0 radical (unpaired) electrons. The van der Waals surface area contributed by atoms with Crippen LogP contribution in [0.1, 0.15) is 37.4 Å². The number of aliphatic hydroxyl groups is 1. The van der Waals surface area contributed by atoms with Crippen molar-refractivity contribution in [3.05, 3.63) is 34.9 Å². The van der Waals surface area contributed by atoms with Gasteiger partial charge in [0, 0.05) is 17.6 Å². The molecule has 1 aliphatic rings. The largest absolute Gasteiger partial charge is 0.387 e. The van der Waals surface area contributed by atoms with Gasteiger partial charge < -0.3 is 10.8 Å². The van der Waals surface area contributed by atoms with E-state index in [0.29, 0.717) is 17.6 Å². The number of aliphatic hydroxyl groups excluding tert-OH is 1. The number of hydrogen-bond acceptors (Lipinski definition) is 3. The number of carbonyl (C=O) groups is 1. The first-order valence-electron chi connectivity index (χ1n) is 7.02. The van der Waals surface area contributed by atoms with Crippen molar-refractivity contribution in [3.8, 4) is 0 Å². The standard InChI is InChI=1S/C15H21ClN2O2/c16-12-7-5-11(6-8-12)14(19)9-18(10-15(17)20)13-3-1-2-4-13/h5-8,13-14,19H,1-4,9-10H2,(H2,17,20). The second-order valence-electron chi connectivity index (χ2n) is 5.40. The summed E-state index contributed by atoms with van der Waals surface area (Å²) in [6, 6.07) is 7.49. The van der Waals surface area contributed by atoms with E-state index in [1.54, 1.807) is 12.1 Å². The van der Waals surface area contributed by atoms with Crippen LogP contribution in [0.25, 0.3) is 0 Å². The molecule has 1 atom stereocenters. The topological polar surface area (TPSA) is 66.6 Å². The Morgan fingerprint density at radius 1 is 1.35 bits per heavy atom. The number of rotatable bonds is 6. The van der Waals surface area contributed by atoms with Crippen LogP contribution in [0.5, 0.6) is 0 Å². The van der Waals surface area contributed by atoms with E-state index in [1.807, 2.05) is 17.0 Å². The Labute approximate surface area is 124 Å². The van der Waals surface area contributed by atoms with E-state index in [4.69, 9.17) is 17.3 Å². The summed E-state index contributed by atoms with van der Waals surface area (Å²) in [5.74, 6) is -0.347. The Kier molecular flexibility index (Phi) is 5.40. The molecule has 2 rings (SSSR count). The van der Waals surface area contributed by atoms with Gasteiger partial charge in [-0.05, 0) is 30.5 Å². The van der Waals surface area contributed by atoms with Crippen LogP contribution < -0.4 is 5.73 Å². The Morgan fingerprint density at radius 2 is 1.95 bits per heavy atom. The third kappa shape index (κ3) is 4.20. The fourth-order valence-corrected chi connectivity index (χ4v) is 2.95. The summed E-state index contributed by atoms with van der Waals surface area (Å²) in [5.41, 5.74) is 6.12. The summed E-state index contributed by atoms with van der Waals surface area (Å²) in [5, 5.41) is 11.0. The van der Waals surface area contributed by atoms with E-state index >= 15 is 0 Å². The van der Waals surface area contributed by atoms with Crippen molar-refractivity contribution in [1.82, 2.24) is 4.90 Å². The van der Waals surface area contributed by atoms with Crippen LogP contribution in [0, 0.1) is 0 Å². The van der Waals surface area contributed by atoms with Crippen LogP contribution >= 0.6 is 11.6 Å². The zero-order valence-electron chi connectivity index (χ0n) is 11.5. The Bertz CT molecular complexity index is 444. The number of hydrogen-bond donors (Lipinski definition) is 2. The lowest BCUT2D eigenvalue weighted by molar-refractivity contribution is -0.120. The molecule has 4 nitrogen and oxygen atoms in total. The Morgan fingerprint density at radius 3 is 2.50 bits per heavy atom. The van der Waals surface area contributed by atoms with E-state index in [1.165, 1.54) is 12.8 Å². The molecule has 5 heteroatoms. The molecule has 0 saturated heterocycles. The van der Waals surface area contributed by atoms with Crippen molar-refractivity contribution in [1.29, 1.82) is 0 Å². The highest BCUT2D eigenvalue weighted by Gasteiger charge is 2.25. The van der Waals surface area contributed by atoms with Gasteiger partial charge in [-0.2, -0.15) is 0 Å². The van der Waals surface area contributed by atoms with Crippen molar-refractivity contribution >= 4 is 17.5 Å². The summed E-state index contributed by atoms with van der Waals surface area (Å²) in [6.07, 6.45) is 3.86. The van der Waals surface area contributed by atoms with E-state index in [2.05, 4.69) is 0 Å². The summed E-state index contributed by atoms with van der Waals surface area (Å²) >= 11 is 5.84. The van der Waals surface area contributed by atoms with Crippen molar-refractivity contribution in [2.75, 3.05) is 13.1 Å². The second-order valence-corrected chi connectivity index (χ2v) is 5.84. The maximum Gasteiger partial charge on any atom is 0.231 e. The zero-order chi connectivity index (χ0) is 14.5. The van der Waals surface area contributed by atoms with Crippen LogP contribution in [-0.2, 0) is 4.79 Å². The number of benzene rings is 1. The van der Waals surface area contributed by atoms with Gasteiger partial charge in [0.05, 0.1) is 12.6 Å². The molecule has 1 fully saturated rings. The number of nitrogens with zero attached hydrogens (tertiary/aromatic N) is 1. The van der Waals surface area contributed by atoms with Gasteiger partial charge in [-0.15, -0.1) is 0 Å². The molecular formula is C15H21ClN2O2. The first-order valence-corrected chi connectivity index (χ1v) is 7.40. The molecule has 0 aliphatic heterocycles. The summed E-state index contributed by atoms with van der Waals surface area (Å²) in [6.45, 7) is 0.630. The minimum absolute atomic E-state index is 0.204. The van der Waals surface area contributed by atoms with Crippen LogP contribution in [0.15, 0.2) is 24.3 Å². The van der Waals surface area contributed by atoms with Crippen LogP contribution in [0.2, 0.25) is 5.02 Å². The maximum absolute atomic E-state index is 11.2. The number of carbonyl (C=O) groups excluding carboxylic acids is 1. The monoisotopic (exact) mass is 296 g/mol. The van der Waals surface area contributed by atoms with Crippen molar-refractivity contribution < 1.29 is 9.90 Å². The van der Waals surface area contributed by atoms with Crippen molar-refractivity contribution in [3.63, 3.8) is 0 Å². The van der Waals surface area contributed by atoms with Gasteiger partial charge in [0.2, 0.25) is 5.91 Å². The predicted octanol–water partition coefficient (Wildman–Crippen LogP) is 2.10. The lowest BCUT2D eigenvalue weighted by Gasteiger charge is -2.29. The van der Waals surface area contributed by atoms with Crippen LogP contribution in [0.3, 0.4) is 0 Å². The van der Waals surface area contributed by atoms with Gasteiger partial charge in [-0.25, -0.2) is 0 Å². The molecule has 1 aliphatic carbocycles. The highest BCUT2D eigenvalue weighted by atomic mass is 35.5. The first kappa shape index (κ1) is 15.3. The van der Waals surface area contributed by atoms with Crippen LogP contribution in [0.4, 0.5) is 0 Å². The molecule has 3 N–H and O–H groups in total. The van der Waals surface area contributed by atoms with Crippen LogP contribution in [-0.4, -0.2) is 35.0 Å². The average Bonchev–Trinajstić information content (AvgIpc) is 2.92. The molecule has 0 spiro atoms. The first-order chi connectivity index (χ1) is 9.56. The zero-order valence-corrected chi connectivity index (χ0v) is 12.2. The molecule has 1 aromatic carbocycles. The number of halogens is 1. The second kappa shape index (κ2) is 7.07. The van der Waals surface area contributed by atoms with Gasteiger partial charge in [-0.3, -0.25) is 9.69 Å². The number of amides is 1. The van der Waals surface area contributed by atoms with E-state index in [0.717, 1.165) is 18.4 Å². The normalized spacial score (nSPS) is 17.6. The lowest BCUT2D eigenvalue weighted by Crippen LogP contribution is -2.42. The molecule has 0 aromatic heterocycles. The van der Waals surface area contributed by atoms with Gasteiger partial charge in [-0.1, -0.05) is 36.6 Å². The van der Waals surface area contributed by atoms with Crippen molar-refractivity contribution in [2.24, 2.45) is 5.73 Å². The summed E-state index contributed by atoms with van der Waals surface area (Å²) in [7, 11) is 0. The third-order valence-electron chi connectivity index (χ3n) is 3.86. The Hall–Kier alpha value is -1.10. The SMILES string of the molecule is NC(=O)CN(CC(O)c1ccc(Cl)cc1)C1CCCC1. The molecule has 1 aromatic rings. The van der Waals surface area contributed by atoms with Gasteiger partial charge >= 0.3 is 0 Å². The van der Waals surface area contributed by atoms with Gasteiger partial charge in [0.1, 0.15) is 0 Å². The summed E-state index contributed by atoms with van der Waals surface area (Å²) < 4.78 is 0. The van der Waals surface area contributed by atoms with E-state index in [-0.39, 0.29) is 12.5 Å². The molecule has 1 amide bonds. The van der Waals surface area contributed by atoms with E-state index < -0.39 is 6.10 Å². The minimum Gasteiger partial charge on any atom is -0.387 e. The van der Waals surface area contributed by atoms with Crippen molar-refractivity contribution in [2.45, 2.75) is 37.8 Å². The van der Waals surface area contributed by atoms with Gasteiger partial charge in [0.15, 0.2) is 0 Å². The Balaban J connectivity index is 2.02. The quantitative estimate of drug-likeness (QED) is 0.845. The average molecular weight is 297 g/mol. The molecular weight excluding hydrogens is 276 g/mol. The maximum atomic E-state index is 11.2. The number of primary amides is 1. The molecule has 1 saturated carbocycles. The number of nitrogens with two attached hydrogens (primary N) is 1. The molecule has 110 valence electrons. The minimum atomic E-state index is -0.632. The summed E-state index contributed by atoms with van der Waals surface area (Å²) in [4.78, 5) is 13.2. The lowest BCUT2D eigenvalue weighted by atomic mass is 10.1. The van der Waals surface area contributed by atoms with Gasteiger partial charge in [0.25, 0.3) is 0 Å². The third-order valence-corrected chi connectivity index (χ3v) is 4.11. The van der Waals surface area contributed by atoms with E-state index in [9.17, 15) is 9.90 Å².